The molecular formula is C20H22N4O2. The van der Waals surface area contributed by atoms with Crippen LogP contribution in [-0.4, -0.2) is 35.6 Å². The predicted molar refractivity (Wildman–Crippen MR) is 99.6 cm³/mol. The average Bonchev–Trinajstić information content (AvgIpc) is 2.99. The van der Waals surface area contributed by atoms with E-state index in [0.717, 1.165) is 11.3 Å². The maximum Gasteiger partial charge on any atom is 0.338 e. The fourth-order valence-electron chi connectivity index (χ4n) is 3.52. The Hall–Kier alpha value is -2.86. The van der Waals surface area contributed by atoms with E-state index in [1.165, 1.54) is 0 Å². The van der Waals surface area contributed by atoms with Gasteiger partial charge in [0.25, 0.3) is 5.91 Å². The number of piperidine rings is 1. The molecule has 3 amide bonds. The topological polar surface area (TPSA) is 64.7 Å². The number of carbonyl (C=O) groups excluding carboxylic acids is 2. The van der Waals surface area contributed by atoms with Gasteiger partial charge < -0.3 is 10.2 Å². The normalized spacial score (nSPS) is 18.9. The molecule has 0 atom stereocenters. The number of urea groups is 1. The number of aryl methyl sites for hydroxylation is 1. The number of benzene rings is 2. The highest BCUT2D eigenvalue weighted by Gasteiger charge is 2.45. The van der Waals surface area contributed by atoms with E-state index >= 15 is 0 Å². The highest BCUT2D eigenvalue weighted by atomic mass is 16.2. The van der Waals surface area contributed by atoms with Crippen LogP contribution in [0, 0.1) is 6.92 Å². The van der Waals surface area contributed by atoms with Crippen molar-refractivity contribution in [2.45, 2.75) is 25.4 Å². The predicted octanol–water partition coefficient (Wildman–Crippen LogP) is 2.66. The van der Waals surface area contributed by atoms with Crippen LogP contribution < -0.4 is 15.8 Å². The van der Waals surface area contributed by atoms with Gasteiger partial charge in [0.05, 0.1) is 5.69 Å². The van der Waals surface area contributed by atoms with Gasteiger partial charge in [-0.05, 0) is 31.2 Å². The summed E-state index contributed by atoms with van der Waals surface area (Å²) in [7, 11) is 0. The number of para-hydroxylation sites is 1. The summed E-state index contributed by atoms with van der Waals surface area (Å²) in [5.41, 5.74) is 5.48. The number of nitrogens with zero attached hydrogens (tertiary/aromatic N) is 2. The summed E-state index contributed by atoms with van der Waals surface area (Å²) in [4.78, 5) is 26.9. The largest absolute Gasteiger partial charge is 0.338 e. The van der Waals surface area contributed by atoms with E-state index in [1.54, 1.807) is 5.01 Å². The van der Waals surface area contributed by atoms with Crippen LogP contribution in [0.1, 0.15) is 28.8 Å². The molecule has 0 aromatic heterocycles. The molecular weight excluding hydrogens is 328 g/mol. The van der Waals surface area contributed by atoms with Gasteiger partial charge >= 0.3 is 6.03 Å². The zero-order valence-corrected chi connectivity index (χ0v) is 14.7. The Labute approximate surface area is 152 Å². The van der Waals surface area contributed by atoms with E-state index in [9.17, 15) is 9.59 Å². The van der Waals surface area contributed by atoms with Crippen LogP contribution in [0.25, 0.3) is 0 Å². The van der Waals surface area contributed by atoms with Crippen LogP contribution >= 0.6 is 0 Å². The number of hydrazine groups is 1. The molecule has 0 unspecified atom stereocenters. The van der Waals surface area contributed by atoms with Gasteiger partial charge in [-0.3, -0.25) is 4.79 Å². The molecule has 2 N–H and O–H groups in total. The molecule has 2 aliphatic heterocycles. The van der Waals surface area contributed by atoms with Gasteiger partial charge in [0.1, 0.15) is 5.66 Å². The van der Waals surface area contributed by atoms with Crippen molar-refractivity contribution in [3.63, 3.8) is 0 Å². The number of nitrogens with one attached hydrogen (secondary N) is 2. The molecule has 2 aromatic carbocycles. The molecule has 2 aliphatic rings. The molecule has 1 spiro atoms. The van der Waals surface area contributed by atoms with Crippen molar-refractivity contribution < 1.29 is 9.59 Å². The van der Waals surface area contributed by atoms with Gasteiger partial charge in [-0.1, -0.05) is 35.9 Å². The van der Waals surface area contributed by atoms with Crippen LogP contribution in [-0.2, 0) is 0 Å². The van der Waals surface area contributed by atoms with Gasteiger partial charge in [-0.2, -0.15) is 0 Å². The van der Waals surface area contributed by atoms with Crippen molar-refractivity contribution in [1.29, 1.82) is 0 Å². The minimum Gasteiger partial charge on any atom is -0.338 e. The first-order valence-corrected chi connectivity index (χ1v) is 8.87. The fraction of sp³-hybridized carbons (Fsp3) is 0.300. The van der Waals surface area contributed by atoms with Gasteiger partial charge in [0, 0.05) is 31.5 Å². The van der Waals surface area contributed by atoms with Crippen LogP contribution in [0.4, 0.5) is 10.5 Å². The molecule has 0 saturated carbocycles. The Kier molecular flexibility index (Phi) is 4.12. The number of hydrogen-bond donors (Lipinski definition) is 2. The van der Waals surface area contributed by atoms with Crippen LogP contribution in [0.3, 0.4) is 0 Å². The Morgan fingerprint density at radius 2 is 1.65 bits per heavy atom. The molecule has 26 heavy (non-hydrogen) atoms. The van der Waals surface area contributed by atoms with Crippen LogP contribution in [0.15, 0.2) is 54.6 Å². The molecule has 6 heteroatoms. The maximum atomic E-state index is 12.7. The summed E-state index contributed by atoms with van der Waals surface area (Å²) < 4.78 is 0. The monoisotopic (exact) mass is 350 g/mol. The lowest BCUT2D eigenvalue weighted by Crippen LogP contribution is -2.58. The standard InChI is InChI=1S/C20H22N4O2/c1-15-7-9-16(10-8-15)18(25)23-13-11-20(12-14-23)21-19(26)24(22-20)17-5-3-2-4-6-17/h2-10,22H,11-14H2,1H3,(H,21,26). The van der Waals surface area contributed by atoms with E-state index in [1.807, 2.05) is 66.4 Å². The Balaban J connectivity index is 1.43. The van der Waals surface area contributed by atoms with Crippen molar-refractivity contribution >= 4 is 17.6 Å². The van der Waals surface area contributed by atoms with Gasteiger partial charge in [-0.25, -0.2) is 15.2 Å². The Morgan fingerprint density at radius 3 is 2.31 bits per heavy atom. The van der Waals surface area contributed by atoms with E-state index in [-0.39, 0.29) is 11.9 Å². The Bertz CT molecular complexity index is 811. The first-order chi connectivity index (χ1) is 12.6. The molecule has 6 nitrogen and oxygen atoms in total. The number of amides is 3. The van der Waals surface area contributed by atoms with E-state index in [2.05, 4.69) is 10.7 Å². The molecule has 0 radical (unpaired) electrons. The molecule has 4 rings (SSSR count). The molecule has 2 fully saturated rings. The zero-order chi connectivity index (χ0) is 18.1. The summed E-state index contributed by atoms with van der Waals surface area (Å²) in [6.07, 6.45) is 1.33. The second-order valence-electron chi connectivity index (χ2n) is 6.95. The summed E-state index contributed by atoms with van der Waals surface area (Å²) >= 11 is 0. The fourth-order valence-corrected chi connectivity index (χ4v) is 3.52. The van der Waals surface area contributed by atoms with Crippen molar-refractivity contribution in [2.24, 2.45) is 0 Å². The van der Waals surface area contributed by atoms with Gasteiger partial charge in [0.15, 0.2) is 0 Å². The van der Waals surface area contributed by atoms with Crippen molar-refractivity contribution in [2.75, 3.05) is 18.1 Å². The molecule has 2 aromatic rings. The van der Waals surface area contributed by atoms with E-state index in [0.29, 0.717) is 31.5 Å². The van der Waals surface area contributed by atoms with Crippen molar-refractivity contribution in [1.82, 2.24) is 15.6 Å². The molecule has 0 aliphatic carbocycles. The lowest BCUT2D eigenvalue weighted by molar-refractivity contribution is 0.0641. The second kappa shape index (κ2) is 6.46. The Morgan fingerprint density at radius 1 is 1.00 bits per heavy atom. The van der Waals surface area contributed by atoms with Crippen molar-refractivity contribution in [3.8, 4) is 0 Å². The number of likely N-dealkylation sites (tertiary alicyclic amines) is 1. The molecule has 0 bridgehead atoms. The van der Waals surface area contributed by atoms with Gasteiger partial charge in [0.2, 0.25) is 0 Å². The third kappa shape index (κ3) is 3.04. The van der Waals surface area contributed by atoms with E-state index < -0.39 is 5.66 Å². The zero-order valence-electron chi connectivity index (χ0n) is 14.7. The minimum atomic E-state index is -0.489. The SMILES string of the molecule is Cc1ccc(C(=O)N2CCC3(CC2)NC(=O)N(c2ccccc2)N3)cc1. The minimum absolute atomic E-state index is 0.0455. The quantitative estimate of drug-likeness (QED) is 0.875. The number of hydrogen-bond acceptors (Lipinski definition) is 3. The third-order valence-corrected chi connectivity index (χ3v) is 5.09. The summed E-state index contributed by atoms with van der Waals surface area (Å²) in [6.45, 7) is 3.21. The molecule has 2 saturated heterocycles. The number of anilines is 1. The second-order valence-corrected chi connectivity index (χ2v) is 6.95. The maximum absolute atomic E-state index is 12.7. The van der Waals surface area contributed by atoms with Gasteiger partial charge in [-0.15, -0.1) is 0 Å². The third-order valence-electron chi connectivity index (χ3n) is 5.09. The summed E-state index contributed by atoms with van der Waals surface area (Å²) in [5.74, 6) is 0.0455. The molecule has 2 heterocycles. The number of carbonyl (C=O) groups is 2. The lowest BCUT2D eigenvalue weighted by atomic mass is 9.97. The first-order valence-electron chi connectivity index (χ1n) is 8.87. The molecule has 134 valence electrons. The first kappa shape index (κ1) is 16.6. The lowest BCUT2D eigenvalue weighted by Gasteiger charge is -2.38. The summed E-state index contributed by atoms with van der Waals surface area (Å²) in [5, 5.41) is 4.62. The van der Waals surface area contributed by atoms with E-state index in [4.69, 9.17) is 0 Å². The van der Waals surface area contributed by atoms with Crippen LogP contribution in [0.5, 0.6) is 0 Å². The highest BCUT2D eigenvalue weighted by molar-refractivity contribution is 5.95. The average molecular weight is 350 g/mol. The smallest absolute Gasteiger partial charge is 0.338 e. The van der Waals surface area contributed by atoms with Crippen molar-refractivity contribution in [3.05, 3.63) is 65.7 Å². The highest BCUT2D eigenvalue weighted by Crippen LogP contribution is 2.27. The number of rotatable bonds is 2. The van der Waals surface area contributed by atoms with Crippen LogP contribution in [0.2, 0.25) is 0 Å². The summed E-state index contributed by atoms with van der Waals surface area (Å²) in [6, 6.07) is 17.0.